The Bertz CT molecular complexity index is 1690. The van der Waals surface area contributed by atoms with Crippen LogP contribution in [0.15, 0.2) is 108 Å². The lowest BCUT2D eigenvalue weighted by Crippen LogP contribution is -2.25. The predicted octanol–water partition coefficient (Wildman–Crippen LogP) is 5.45. The first kappa shape index (κ1) is 31.8. The van der Waals surface area contributed by atoms with Crippen LogP contribution in [-0.2, 0) is 0 Å². The first-order valence-electron chi connectivity index (χ1n) is 12.7. The topological polar surface area (TPSA) is 241 Å². The van der Waals surface area contributed by atoms with Crippen LogP contribution in [0.4, 0.5) is 22.7 Å². The fourth-order valence-corrected chi connectivity index (χ4v) is 4.18. The number of carbonyl (C=O) groups excluding carboxylic acids is 4. The molecule has 0 bridgehead atoms. The summed E-state index contributed by atoms with van der Waals surface area (Å²) in [5, 5.41) is 44.6. The molecule has 4 aromatic rings. The molecule has 0 aliphatic carbocycles. The smallest absolute Gasteiger partial charge is 0.269 e. The largest absolute Gasteiger partial charge is 0.288 e. The van der Waals surface area contributed by atoms with Gasteiger partial charge in [-0.2, -0.15) is 0 Å². The van der Waals surface area contributed by atoms with Crippen LogP contribution >= 0.6 is 0 Å². The molecule has 0 radical (unpaired) electrons. The quantitative estimate of drug-likeness (QED) is 0.0477. The van der Waals surface area contributed by atoms with Gasteiger partial charge in [-0.15, -0.1) is 0 Å². The van der Waals surface area contributed by atoms with Crippen molar-refractivity contribution in [2.45, 2.75) is 0 Å². The molecule has 46 heavy (non-hydrogen) atoms. The van der Waals surface area contributed by atoms with Crippen LogP contribution in [0.1, 0.15) is 41.4 Å². The summed E-state index contributed by atoms with van der Waals surface area (Å²) >= 11 is 0. The summed E-state index contributed by atoms with van der Waals surface area (Å²) < 4.78 is 0. The van der Waals surface area contributed by atoms with Crippen molar-refractivity contribution >= 4 is 45.9 Å². The van der Waals surface area contributed by atoms with Gasteiger partial charge < -0.3 is 0 Å². The van der Waals surface area contributed by atoms with Gasteiger partial charge in [-0.1, -0.05) is 0 Å². The fraction of sp³-hybridized carbons (Fsp3) is 0. The van der Waals surface area contributed by atoms with Crippen LogP contribution in [0.2, 0.25) is 0 Å². The zero-order valence-electron chi connectivity index (χ0n) is 22.9. The van der Waals surface area contributed by atoms with Gasteiger partial charge in [-0.05, 0) is 48.5 Å². The van der Waals surface area contributed by atoms with Crippen molar-refractivity contribution < 1.29 is 38.9 Å². The number of nitrogens with zero attached hydrogens (tertiary/aromatic N) is 4. The number of non-ortho nitro benzene ring substituents is 4. The molecule has 4 aromatic carbocycles. The summed E-state index contributed by atoms with van der Waals surface area (Å²) in [4.78, 5) is 97.5. The number of rotatable bonds is 12. The molecule has 0 spiro atoms. The second-order valence-corrected chi connectivity index (χ2v) is 9.28. The predicted molar refractivity (Wildman–Crippen MR) is 157 cm³/mol. The summed E-state index contributed by atoms with van der Waals surface area (Å²) in [5.74, 6) is -4.95. The Kier molecular flexibility index (Phi) is 9.02. The molecule has 4 rings (SSSR count). The van der Waals surface area contributed by atoms with Crippen molar-refractivity contribution in [3.05, 3.63) is 171 Å². The average Bonchev–Trinajstić information content (AvgIpc) is 3.06. The van der Waals surface area contributed by atoms with Gasteiger partial charge in [0.1, 0.15) is 0 Å². The van der Waals surface area contributed by atoms with Gasteiger partial charge in [0.2, 0.25) is 0 Å². The van der Waals surface area contributed by atoms with E-state index in [1.807, 2.05) is 0 Å². The third-order valence-corrected chi connectivity index (χ3v) is 6.52. The highest BCUT2D eigenvalue weighted by Crippen LogP contribution is 2.27. The summed E-state index contributed by atoms with van der Waals surface area (Å²) in [6, 6.07) is 15.4. The molecular formula is C30H16N4O12. The Morgan fingerprint density at radius 3 is 0.609 bits per heavy atom. The summed E-state index contributed by atoms with van der Waals surface area (Å²) in [6.07, 6.45) is 0. The molecule has 228 valence electrons. The van der Waals surface area contributed by atoms with Crippen molar-refractivity contribution in [2.75, 3.05) is 0 Å². The van der Waals surface area contributed by atoms with E-state index in [1.54, 1.807) is 0 Å². The Hall–Kier alpha value is -7.10. The summed E-state index contributed by atoms with van der Waals surface area (Å²) in [6.45, 7) is 0. The Morgan fingerprint density at radius 2 is 0.478 bits per heavy atom. The van der Waals surface area contributed by atoms with Crippen LogP contribution in [0.25, 0.3) is 0 Å². The maximum absolute atomic E-state index is 14.0. The second-order valence-electron chi connectivity index (χ2n) is 9.28. The molecular weight excluding hydrogens is 608 g/mol. The number of hydrogen-bond donors (Lipinski definition) is 0. The summed E-state index contributed by atoms with van der Waals surface area (Å²) in [5.41, 5.74) is -5.20. The fourth-order valence-electron chi connectivity index (χ4n) is 4.18. The van der Waals surface area contributed by atoms with E-state index in [1.165, 1.54) is 0 Å². The lowest BCUT2D eigenvalue weighted by atomic mass is 9.84. The number of hydrogen-bond acceptors (Lipinski definition) is 12. The third-order valence-electron chi connectivity index (χ3n) is 6.52. The van der Waals surface area contributed by atoms with Crippen molar-refractivity contribution in [1.82, 2.24) is 0 Å². The van der Waals surface area contributed by atoms with E-state index >= 15 is 0 Å². The zero-order chi connectivity index (χ0) is 33.7. The SMILES string of the molecule is O=C(C(C(=O)c1ccc([N+](=O)[O-])cc1)=C(C(=O)c1ccc([N+](=O)[O-])cc1)C(=O)c1ccc([N+](=O)[O-])cc1)c1ccc([N+](=O)[O-])cc1. The highest BCUT2D eigenvalue weighted by molar-refractivity contribution is 6.42. The molecule has 0 aliphatic heterocycles. The Morgan fingerprint density at radius 1 is 0.326 bits per heavy atom. The third kappa shape index (κ3) is 6.60. The minimum Gasteiger partial charge on any atom is -0.288 e. The Balaban J connectivity index is 2.02. The number of Topliss-reactive ketones (excluding diaryl/α,β-unsaturated/α-hetero) is 4. The monoisotopic (exact) mass is 624 g/mol. The molecule has 0 fully saturated rings. The minimum atomic E-state index is -1.24. The van der Waals surface area contributed by atoms with Crippen molar-refractivity contribution in [1.29, 1.82) is 0 Å². The number of nitro groups is 4. The molecule has 0 aliphatic rings. The van der Waals surface area contributed by atoms with Crippen molar-refractivity contribution in [3.63, 3.8) is 0 Å². The van der Waals surface area contributed by atoms with Gasteiger partial charge in [0.05, 0.1) is 30.8 Å². The van der Waals surface area contributed by atoms with E-state index in [0.717, 1.165) is 97.1 Å². The average molecular weight is 624 g/mol. The van der Waals surface area contributed by atoms with Crippen LogP contribution < -0.4 is 0 Å². The number of benzene rings is 4. The number of nitro benzene ring substituents is 4. The maximum Gasteiger partial charge on any atom is 0.269 e. The van der Waals surface area contributed by atoms with E-state index in [0.29, 0.717) is 0 Å². The molecule has 0 saturated heterocycles. The van der Waals surface area contributed by atoms with Gasteiger partial charge in [0, 0.05) is 70.8 Å². The molecule has 16 heteroatoms. The number of allylic oxidation sites excluding steroid dienone is 2. The first-order valence-corrected chi connectivity index (χ1v) is 12.7. The van der Waals surface area contributed by atoms with E-state index < -0.39 is 76.7 Å². The normalized spacial score (nSPS) is 10.3. The minimum absolute atomic E-state index is 0.360. The van der Waals surface area contributed by atoms with Gasteiger partial charge >= 0.3 is 0 Å². The highest BCUT2D eigenvalue weighted by atomic mass is 16.6. The van der Waals surface area contributed by atoms with E-state index in [4.69, 9.17) is 0 Å². The highest BCUT2D eigenvalue weighted by Gasteiger charge is 2.34. The van der Waals surface area contributed by atoms with E-state index in [-0.39, 0.29) is 22.3 Å². The van der Waals surface area contributed by atoms with Gasteiger partial charge in [0.15, 0.2) is 23.1 Å². The molecule has 0 N–H and O–H groups in total. The van der Waals surface area contributed by atoms with E-state index in [2.05, 4.69) is 0 Å². The molecule has 0 atom stereocenters. The molecule has 0 saturated carbocycles. The molecule has 0 amide bonds. The lowest BCUT2D eigenvalue weighted by molar-refractivity contribution is -0.385. The zero-order valence-corrected chi connectivity index (χ0v) is 22.9. The lowest BCUT2D eigenvalue weighted by Gasteiger charge is -2.14. The van der Waals surface area contributed by atoms with Gasteiger partial charge in [-0.3, -0.25) is 59.6 Å². The maximum atomic E-state index is 14.0. The van der Waals surface area contributed by atoms with Crippen molar-refractivity contribution in [3.8, 4) is 0 Å². The van der Waals surface area contributed by atoms with Gasteiger partial charge in [-0.25, -0.2) is 0 Å². The molecule has 0 unspecified atom stereocenters. The molecule has 0 aromatic heterocycles. The summed E-state index contributed by atoms with van der Waals surface area (Å²) in [7, 11) is 0. The van der Waals surface area contributed by atoms with Gasteiger partial charge in [0.25, 0.3) is 22.7 Å². The number of carbonyl (C=O) groups is 4. The van der Waals surface area contributed by atoms with Crippen LogP contribution in [0.5, 0.6) is 0 Å². The van der Waals surface area contributed by atoms with E-state index in [9.17, 15) is 59.6 Å². The van der Waals surface area contributed by atoms with Crippen LogP contribution in [0.3, 0.4) is 0 Å². The van der Waals surface area contributed by atoms with Crippen LogP contribution in [-0.4, -0.2) is 42.8 Å². The Labute approximate surface area is 255 Å². The molecule has 0 heterocycles. The second kappa shape index (κ2) is 13.0. The first-order chi connectivity index (χ1) is 21.8. The van der Waals surface area contributed by atoms with Crippen molar-refractivity contribution in [2.24, 2.45) is 0 Å². The molecule has 16 nitrogen and oxygen atoms in total. The van der Waals surface area contributed by atoms with Crippen LogP contribution in [0, 0.1) is 40.5 Å². The number of ketones is 4. The standard InChI is InChI=1S/C30H16N4O12/c35-27(17-1-9-21(10-2-17)31(39)40)25(28(36)18-3-11-22(12-4-18)32(41)42)26(29(37)19-5-13-23(14-6-19)33(43)44)30(38)20-7-15-24(16-8-20)34(45)46/h1-16H.